The number of aromatic nitrogens is 4. The number of aliphatic hydroxyl groups is 3. The van der Waals surface area contributed by atoms with Crippen LogP contribution in [0.5, 0.6) is 0 Å². The fourth-order valence-corrected chi connectivity index (χ4v) is 2.90. The molecule has 130 valence electrons. The molecule has 0 amide bonds. The number of imidazole rings is 1. The largest absolute Gasteiger partial charge is 0.394 e. The van der Waals surface area contributed by atoms with Gasteiger partial charge in [-0.25, -0.2) is 15.0 Å². The van der Waals surface area contributed by atoms with Gasteiger partial charge in [-0.15, -0.1) is 0 Å². The molecule has 1 fully saturated rings. The lowest BCUT2D eigenvalue weighted by atomic mass is 10.1. The Morgan fingerprint density at radius 2 is 1.88 bits per heavy atom. The highest BCUT2D eigenvalue weighted by atomic mass is 16.6. The van der Waals surface area contributed by atoms with Crippen molar-refractivity contribution in [3.8, 4) is 0 Å². The Morgan fingerprint density at radius 3 is 2.60 bits per heavy atom. The molecule has 0 spiro atoms. The van der Waals surface area contributed by atoms with E-state index in [4.69, 9.17) is 4.74 Å². The smallest absolute Gasteiger partial charge is 0.167 e. The number of nitrogens with one attached hydrogen (secondary N) is 1. The summed E-state index contributed by atoms with van der Waals surface area (Å²) in [5.74, 6) is 0.515. The van der Waals surface area contributed by atoms with E-state index >= 15 is 0 Å². The Bertz CT molecular complexity index is 871. The molecule has 9 heteroatoms. The van der Waals surface area contributed by atoms with Crippen molar-refractivity contribution in [3.05, 3.63) is 43.0 Å². The van der Waals surface area contributed by atoms with E-state index in [2.05, 4.69) is 20.3 Å². The van der Waals surface area contributed by atoms with Crippen LogP contribution in [0.4, 0.5) is 11.5 Å². The maximum atomic E-state index is 10.2. The van der Waals surface area contributed by atoms with Crippen molar-refractivity contribution in [1.82, 2.24) is 19.5 Å². The van der Waals surface area contributed by atoms with Crippen LogP contribution in [0.2, 0.25) is 0 Å². The van der Waals surface area contributed by atoms with Crippen LogP contribution >= 0.6 is 0 Å². The number of ether oxygens (including phenoxy) is 1. The van der Waals surface area contributed by atoms with E-state index in [0.29, 0.717) is 17.0 Å². The first-order valence-electron chi connectivity index (χ1n) is 7.81. The fourth-order valence-electron chi connectivity index (χ4n) is 2.90. The molecule has 0 saturated carbocycles. The number of fused-ring (bicyclic) bond motifs is 1. The first kappa shape index (κ1) is 15.9. The van der Waals surface area contributed by atoms with Crippen molar-refractivity contribution in [2.45, 2.75) is 24.5 Å². The van der Waals surface area contributed by atoms with Gasteiger partial charge in [0.25, 0.3) is 0 Å². The molecule has 3 aromatic rings. The third-order valence-electron chi connectivity index (χ3n) is 4.19. The zero-order valence-electron chi connectivity index (χ0n) is 13.1. The third-order valence-corrected chi connectivity index (χ3v) is 4.19. The summed E-state index contributed by atoms with van der Waals surface area (Å²) in [7, 11) is 0. The van der Waals surface area contributed by atoms with E-state index < -0.39 is 31.1 Å². The van der Waals surface area contributed by atoms with Crippen LogP contribution in [-0.2, 0) is 4.74 Å². The van der Waals surface area contributed by atoms with Crippen molar-refractivity contribution in [2.24, 2.45) is 0 Å². The van der Waals surface area contributed by atoms with E-state index in [0.717, 1.165) is 5.69 Å². The first-order valence-corrected chi connectivity index (χ1v) is 7.81. The number of benzene rings is 1. The van der Waals surface area contributed by atoms with Gasteiger partial charge in [-0.05, 0) is 12.1 Å². The van der Waals surface area contributed by atoms with Crippen LogP contribution < -0.4 is 5.32 Å². The lowest BCUT2D eigenvalue weighted by molar-refractivity contribution is -0.0511. The summed E-state index contributed by atoms with van der Waals surface area (Å²) in [6, 6.07) is 9.52. The molecular weight excluding hydrogens is 326 g/mol. The lowest BCUT2D eigenvalue weighted by Crippen LogP contribution is -2.33. The number of hydrogen-bond donors (Lipinski definition) is 4. The van der Waals surface area contributed by atoms with E-state index in [9.17, 15) is 15.3 Å². The van der Waals surface area contributed by atoms with Crippen molar-refractivity contribution in [3.63, 3.8) is 0 Å². The van der Waals surface area contributed by atoms with Crippen LogP contribution in [0.25, 0.3) is 11.2 Å². The molecule has 25 heavy (non-hydrogen) atoms. The molecule has 4 rings (SSSR count). The van der Waals surface area contributed by atoms with Gasteiger partial charge in [-0.1, -0.05) is 18.2 Å². The molecule has 2 aromatic heterocycles. The molecule has 0 bridgehead atoms. The van der Waals surface area contributed by atoms with Crippen molar-refractivity contribution >= 4 is 22.7 Å². The van der Waals surface area contributed by atoms with E-state index in [1.807, 2.05) is 30.3 Å². The molecule has 9 nitrogen and oxygen atoms in total. The number of hydrogen-bond acceptors (Lipinski definition) is 8. The second kappa shape index (κ2) is 6.37. The fraction of sp³-hybridized carbons (Fsp3) is 0.312. The zero-order valence-corrected chi connectivity index (χ0v) is 13.1. The summed E-state index contributed by atoms with van der Waals surface area (Å²) in [6.45, 7) is -0.392. The minimum Gasteiger partial charge on any atom is -0.394 e. The maximum Gasteiger partial charge on any atom is 0.167 e. The first-order chi connectivity index (χ1) is 12.2. The van der Waals surface area contributed by atoms with Gasteiger partial charge in [0.05, 0.1) is 12.9 Å². The summed E-state index contributed by atoms with van der Waals surface area (Å²) in [5.41, 5.74) is 1.80. The highest BCUT2D eigenvalue weighted by Crippen LogP contribution is 2.32. The van der Waals surface area contributed by atoms with Gasteiger partial charge < -0.3 is 25.4 Å². The summed E-state index contributed by atoms with van der Waals surface area (Å²) in [5, 5.41) is 32.5. The minimum absolute atomic E-state index is 0.392. The Hall–Kier alpha value is -2.59. The number of aliphatic hydroxyl groups excluding tert-OH is 3. The lowest BCUT2D eigenvalue weighted by Gasteiger charge is -2.16. The van der Waals surface area contributed by atoms with Gasteiger partial charge in [0, 0.05) is 5.69 Å². The molecule has 3 heterocycles. The van der Waals surface area contributed by atoms with E-state index in [1.54, 1.807) is 0 Å². The monoisotopic (exact) mass is 343 g/mol. The van der Waals surface area contributed by atoms with Crippen LogP contribution in [-0.4, -0.2) is 59.8 Å². The molecule has 0 radical (unpaired) electrons. The summed E-state index contributed by atoms with van der Waals surface area (Å²) in [4.78, 5) is 12.7. The second-order valence-corrected chi connectivity index (χ2v) is 5.77. The zero-order chi connectivity index (χ0) is 17.4. The van der Waals surface area contributed by atoms with Gasteiger partial charge in [-0.3, -0.25) is 4.57 Å². The number of nitrogens with zero attached hydrogens (tertiary/aromatic N) is 4. The standard InChI is InChI=1S/C16H17N5O4/c22-6-10-12(23)13(24)16(25-10)21-8-19-11-14(17-7-18-15(11)21)20-9-4-2-1-3-5-9/h1-5,7-8,10,12-13,16,22-24H,6H2,(H,17,18,20)/t10-,12+,13-,16+/m0/s1. The summed E-state index contributed by atoms with van der Waals surface area (Å²) in [6.07, 6.45) is -1.28. The highest BCUT2D eigenvalue weighted by Gasteiger charge is 2.44. The Labute approximate surface area is 142 Å². The molecule has 1 aliphatic rings. The molecule has 0 unspecified atom stereocenters. The Kier molecular flexibility index (Phi) is 4.06. The van der Waals surface area contributed by atoms with E-state index in [1.165, 1.54) is 17.2 Å². The van der Waals surface area contributed by atoms with Gasteiger partial charge in [0.1, 0.15) is 24.6 Å². The number of anilines is 2. The molecule has 4 atom stereocenters. The van der Waals surface area contributed by atoms with Gasteiger partial charge in [0.2, 0.25) is 0 Å². The number of para-hydroxylation sites is 1. The average Bonchev–Trinajstić information content (AvgIpc) is 3.18. The van der Waals surface area contributed by atoms with Gasteiger partial charge >= 0.3 is 0 Å². The van der Waals surface area contributed by atoms with Crippen LogP contribution in [0.3, 0.4) is 0 Å². The van der Waals surface area contributed by atoms with Gasteiger partial charge in [-0.2, -0.15) is 0 Å². The predicted octanol–water partition coefficient (Wildman–Crippen LogP) is 0.181. The number of rotatable bonds is 4. The van der Waals surface area contributed by atoms with E-state index in [-0.39, 0.29) is 0 Å². The third kappa shape index (κ3) is 2.72. The topological polar surface area (TPSA) is 126 Å². The Balaban J connectivity index is 1.70. The average molecular weight is 343 g/mol. The maximum absolute atomic E-state index is 10.2. The summed E-state index contributed by atoms with van der Waals surface area (Å²) >= 11 is 0. The van der Waals surface area contributed by atoms with Crippen molar-refractivity contribution in [1.29, 1.82) is 0 Å². The SMILES string of the molecule is OC[C@@H]1O[C@@H](n2cnc3c(Nc4ccccc4)ncnc32)[C@@H](O)[C@@H]1O. The quantitative estimate of drug-likeness (QED) is 0.529. The predicted molar refractivity (Wildman–Crippen MR) is 88.1 cm³/mol. The highest BCUT2D eigenvalue weighted by molar-refractivity contribution is 5.85. The minimum atomic E-state index is -1.20. The molecule has 1 saturated heterocycles. The summed E-state index contributed by atoms with van der Waals surface area (Å²) < 4.78 is 7.06. The normalized spacial score (nSPS) is 26.2. The van der Waals surface area contributed by atoms with Crippen LogP contribution in [0.15, 0.2) is 43.0 Å². The van der Waals surface area contributed by atoms with Crippen LogP contribution in [0.1, 0.15) is 6.23 Å². The molecule has 0 aliphatic carbocycles. The van der Waals surface area contributed by atoms with Crippen LogP contribution in [0, 0.1) is 0 Å². The molecule has 1 aliphatic heterocycles. The molecular formula is C16H17N5O4. The van der Waals surface area contributed by atoms with Crippen molar-refractivity contribution in [2.75, 3.05) is 11.9 Å². The molecule has 4 N–H and O–H groups in total. The van der Waals surface area contributed by atoms with Gasteiger partial charge in [0.15, 0.2) is 23.2 Å². The second-order valence-electron chi connectivity index (χ2n) is 5.77. The van der Waals surface area contributed by atoms with Crippen molar-refractivity contribution < 1.29 is 20.1 Å². The Morgan fingerprint density at radius 1 is 1.08 bits per heavy atom. The molecule has 1 aromatic carbocycles.